The van der Waals surface area contributed by atoms with E-state index in [1.165, 1.54) is 23.6 Å². The van der Waals surface area contributed by atoms with Gasteiger partial charge in [-0.15, -0.1) is 0 Å². The number of hydrogen-bond acceptors (Lipinski definition) is 1. The summed E-state index contributed by atoms with van der Waals surface area (Å²) >= 11 is 3.33. The predicted molar refractivity (Wildman–Crippen MR) is 86.6 cm³/mol. The van der Waals surface area contributed by atoms with Crippen LogP contribution in [0, 0.1) is 5.82 Å². The van der Waals surface area contributed by atoms with Gasteiger partial charge in [-0.2, -0.15) is 0 Å². The van der Waals surface area contributed by atoms with Crippen LogP contribution in [0.3, 0.4) is 0 Å². The first-order chi connectivity index (χ1) is 10.3. The molecule has 110 valence electrons. The zero-order valence-electron chi connectivity index (χ0n) is 11.8. The molecule has 2 aromatic rings. The van der Waals surface area contributed by atoms with Gasteiger partial charge in [-0.05, 0) is 48.1 Å². The number of rotatable bonds is 4. The van der Waals surface area contributed by atoms with Crippen LogP contribution in [-0.2, 0) is 11.8 Å². The number of benzene rings is 2. The molecule has 0 radical (unpaired) electrons. The lowest BCUT2D eigenvalue weighted by Gasteiger charge is -2.25. The van der Waals surface area contributed by atoms with E-state index in [0.717, 1.165) is 18.4 Å². The molecule has 0 saturated heterocycles. The molecule has 1 nitrogen and oxygen atoms in total. The van der Waals surface area contributed by atoms with Gasteiger partial charge in [-0.1, -0.05) is 46.3 Å². The smallest absolute Gasteiger partial charge is 0.165 e. The van der Waals surface area contributed by atoms with Gasteiger partial charge in [0, 0.05) is 11.2 Å². The van der Waals surface area contributed by atoms with Crippen molar-refractivity contribution in [3.05, 3.63) is 65.0 Å². The molecule has 0 spiro atoms. The maximum absolute atomic E-state index is 13.9. The molecule has 0 N–H and O–H groups in total. The molecule has 0 heterocycles. The minimum absolute atomic E-state index is 0.281. The fraction of sp³-hybridized carbons (Fsp3) is 0.333. The van der Waals surface area contributed by atoms with Crippen LogP contribution in [0.15, 0.2) is 42.5 Å². The van der Waals surface area contributed by atoms with Crippen molar-refractivity contribution in [2.75, 3.05) is 6.61 Å². The van der Waals surface area contributed by atoms with Crippen LogP contribution in [0.2, 0.25) is 0 Å². The van der Waals surface area contributed by atoms with Crippen molar-refractivity contribution in [3.8, 4) is 5.75 Å². The number of ether oxygens (including phenoxy) is 1. The van der Waals surface area contributed by atoms with Gasteiger partial charge in [0.2, 0.25) is 0 Å². The van der Waals surface area contributed by atoms with Gasteiger partial charge in [-0.3, -0.25) is 0 Å². The van der Waals surface area contributed by atoms with Crippen molar-refractivity contribution in [1.29, 1.82) is 0 Å². The first-order valence-corrected chi connectivity index (χ1v) is 8.45. The normalized spacial score (nSPS) is 17.3. The Morgan fingerprint density at radius 3 is 2.86 bits per heavy atom. The van der Waals surface area contributed by atoms with Gasteiger partial charge in [0.25, 0.3) is 0 Å². The molecule has 0 amide bonds. The maximum atomic E-state index is 13.9. The fourth-order valence-corrected chi connectivity index (χ4v) is 3.31. The van der Waals surface area contributed by atoms with E-state index in [1.807, 2.05) is 6.07 Å². The molecule has 3 heteroatoms. The SMILES string of the molecule is Fc1cc(CBr)ccc1OCC1CCCc2ccccc21. The summed E-state index contributed by atoms with van der Waals surface area (Å²) in [7, 11) is 0. The summed E-state index contributed by atoms with van der Waals surface area (Å²) in [6, 6.07) is 13.7. The third kappa shape index (κ3) is 3.29. The minimum atomic E-state index is -0.281. The minimum Gasteiger partial charge on any atom is -0.490 e. The van der Waals surface area contributed by atoms with Crippen LogP contribution in [0.4, 0.5) is 4.39 Å². The van der Waals surface area contributed by atoms with Crippen LogP contribution < -0.4 is 4.74 Å². The van der Waals surface area contributed by atoms with Gasteiger partial charge in [-0.25, -0.2) is 4.39 Å². The number of alkyl halides is 1. The summed E-state index contributed by atoms with van der Waals surface area (Å²) in [5.41, 5.74) is 3.69. The lowest BCUT2D eigenvalue weighted by molar-refractivity contribution is 0.263. The molecular formula is C18H18BrFO. The average molecular weight is 349 g/mol. The largest absolute Gasteiger partial charge is 0.490 e. The van der Waals surface area contributed by atoms with E-state index in [1.54, 1.807) is 6.07 Å². The zero-order chi connectivity index (χ0) is 14.7. The van der Waals surface area contributed by atoms with Gasteiger partial charge in [0.05, 0.1) is 6.61 Å². The molecule has 0 aliphatic heterocycles. The summed E-state index contributed by atoms with van der Waals surface area (Å²) in [5.74, 6) is 0.434. The highest BCUT2D eigenvalue weighted by Crippen LogP contribution is 2.32. The number of halogens is 2. The molecule has 3 rings (SSSR count). The summed E-state index contributed by atoms with van der Waals surface area (Å²) in [5, 5.41) is 0.653. The molecule has 21 heavy (non-hydrogen) atoms. The summed E-state index contributed by atoms with van der Waals surface area (Å²) in [4.78, 5) is 0. The van der Waals surface area contributed by atoms with E-state index in [0.29, 0.717) is 23.6 Å². The van der Waals surface area contributed by atoms with Gasteiger partial charge < -0.3 is 4.74 Å². The number of hydrogen-bond donors (Lipinski definition) is 0. The average Bonchev–Trinajstić information content (AvgIpc) is 2.53. The van der Waals surface area contributed by atoms with Crippen molar-refractivity contribution >= 4 is 15.9 Å². The Morgan fingerprint density at radius 2 is 2.05 bits per heavy atom. The van der Waals surface area contributed by atoms with Crippen molar-refractivity contribution in [1.82, 2.24) is 0 Å². The molecule has 1 atom stereocenters. The third-order valence-electron chi connectivity index (χ3n) is 4.08. The monoisotopic (exact) mass is 348 g/mol. The standard InChI is InChI=1S/C18H18BrFO/c19-11-13-8-9-18(17(20)10-13)21-12-15-6-3-5-14-4-1-2-7-16(14)15/h1-2,4,7-10,15H,3,5-6,11-12H2. The molecule has 1 unspecified atom stereocenters. The van der Waals surface area contributed by atoms with Crippen LogP contribution >= 0.6 is 15.9 Å². The second-order valence-corrected chi connectivity index (χ2v) is 6.06. The molecule has 0 saturated carbocycles. The Morgan fingerprint density at radius 1 is 1.19 bits per heavy atom. The molecule has 1 aliphatic rings. The molecule has 0 fully saturated rings. The van der Waals surface area contributed by atoms with Crippen LogP contribution in [0.25, 0.3) is 0 Å². The molecule has 2 aromatic carbocycles. The maximum Gasteiger partial charge on any atom is 0.165 e. The highest BCUT2D eigenvalue weighted by atomic mass is 79.9. The van der Waals surface area contributed by atoms with Crippen LogP contribution in [0.5, 0.6) is 5.75 Å². The fourth-order valence-electron chi connectivity index (χ4n) is 2.96. The Labute approximate surface area is 133 Å². The molecule has 1 aliphatic carbocycles. The van der Waals surface area contributed by atoms with Crippen molar-refractivity contribution in [2.45, 2.75) is 30.5 Å². The van der Waals surface area contributed by atoms with Crippen LogP contribution in [0.1, 0.15) is 35.4 Å². The van der Waals surface area contributed by atoms with E-state index >= 15 is 0 Å². The predicted octanol–water partition coefficient (Wildman–Crippen LogP) is 5.22. The Kier molecular flexibility index (Phi) is 4.59. The van der Waals surface area contributed by atoms with Crippen molar-refractivity contribution in [3.63, 3.8) is 0 Å². The topological polar surface area (TPSA) is 9.23 Å². The third-order valence-corrected chi connectivity index (χ3v) is 4.73. The Hall–Kier alpha value is -1.35. The van der Waals surface area contributed by atoms with E-state index < -0.39 is 0 Å². The lowest BCUT2D eigenvalue weighted by Crippen LogP contribution is -2.17. The number of aryl methyl sites for hydroxylation is 1. The first kappa shape index (κ1) is 14.6. The van der Waals surface area contributed by atoms with Gasteiger partial charge in [0.15, 0.2) is 11.6 Å². The summed E-state index contributed by atoms with van der Waals surface area (Å²) in [6.45, 7) is 0.543. The van der Waals surface area contributed by atoms with Gasteiger partial charge in [0.1, 0.15) is 0 Å². The van der Waals surface area contributed by atoms with Crippen molar-refractivity contribution in [2.24, 2.45) is 0 Å². The lowest BCUT2D eigenvalue weighted by atomic mass is 9.83. The molecule has 0 bridgehead atoms. The highest BCUT2D eigenvalue weighted by molar-refractivity contribution is 9.08. The zero-order valence-corrected chi connectivity index (χ0v) is 13.4. The molecule has 0 aromatic heterocycles. The molecular weight excluding hydrogens is 331 g/mol. The quantitative estimate of drug-likeness (QED) is 0.688. The van der Waals surface area contributed by atoms with Crippen LogP contribution in [-0.4, -0.2) is 6.61 Å². The number of fused-ring (bicyclic) bond motifs is 1. The first-order valence-electron chi connectivity index (χ1n) is 7.33. The Bertz CT molecular complexity index is 626. The van der Waals surface area contributed by atoms with Gasteiger partial charge >= 0.3 is 0 Å². The second-order valence-electron chi connectivity index (χ2n) is 5.50. The summed E-state index contributed by atoms with van der Waals surface area (Å²) < 4.78 is 19.7. The van der Waals surface area contributed by atoms with Crippen molar-refractivity contribution < 1.29 is 9.13 Å². The van der Waals surface area contributed by atoms with E-state index in [2.05, 4.69) is 40.2 Å². The second kappa shape index (κ2) is 6.61. The Balaban J connectivity index is 1.71. The van der Waals surface area contributed by atoms with E-state index in [4.69, 9.17) is 4.74 Å². The van der Waals surface area contributed by atoms with E-state index in [-0.39, 0.29) is 5.82 Å². The van der Waals surface area contributed by atoms with E-state index in [9.17, 15) is 4.39 Å². The highest BCUT2D eigenvalue weighted by Gasteiger charge is 2.20. The summed E-state index contributed by atoms with van der Waals surface area (Å²) in [6.07, 6.45) is 3.43.